The molecule has 1 amide bonds. The first-order valence-corrected chi connectivity index (χ1v) is 11.7. The van der Waals surface area contributed by atoms with Crippen molar-refractivity contribution in [2.24, 2.45) is 0 Å². The summed E-state index contributed by atoms with van der Waals surface area (Å²) >= 11 is 0. The summed E-state index contributed by atoms with van der Waals surface area (Å²) in [6, 6.07) is 10.2. The molecule has 0 radical (unpaired) electrons. The molecule has 1 unspecified atom stereocenters. The van der Waals surface area contributed by atoms with Crippen LogP contribution in [0.5, 0.6) is 5.75 Å². The maximum absolute atomic E-state index is 14.3. The number of benzene rings is 2. The van der Waals surface area contributed by atoms with Crippen molar-refractivity contribution in [2.45, 2.75) is 25.6 Å². The normalized spacial score (nSPS) is 18.1. The number of methoxy groups -OCH3 is 1. The molecule has 0 aliphatic carbocycles. The van der Waals surface area contributed by atoms with Crippen LogP contribution in [-0.4, -0.2) is 67.4 Å². The summed E-state index contributed by atoms with van der Waals surface area (Å²) in [7, 11) is 3.64. The van der Waals surface area contributed by atoms with Gasteiger partial charge in [-0.2, -0.15) is 4.98 Å². The lowest BCUT2D eigenvalue weighted by molar-refractivity contribution is -0.123. The number of carbonyl (C=O) groups is 1. The van der Waals surface area contributed by atoms with Crippen molar-refractivity contribution in [3.8, 4) is 17.2 Å². The van der Waals surface area contributed by atoms with Crippen LogP contribution in [0.4, 0.5) is 15.8 Å². The molecule has 1 aromatic heterocycles. The van der Waals surface area contributed by atoms with Crippen molar-refractivity contribution < 1.29 is 23.2 Å². The number of ether oxygens (including phenoxy) is 2. The van der Waals surface area contributed by atoms with E-state index in [1.54, 1.807) is 31.4 Å². The van der Waals surface area contributed by atoms with Gasteiger partial charge in [0.15, 0.2) is 11.9 Å². The number of hydrogen-bond acceptors (Lipinski definition) is 8. The highest BCUT2D eigenvalue weighted by Crippen LogP contribution is 2.39. The quantitative estimate of drug-likeness (QED) is 0.574. The predicted octanol–water partition coefficient (Wildman–Crippen LogP) is 3.11. The first kappa shape index (κ1) is 23.3. The fraction of sp³-hybridized carbons (Fsp3) is 0.400. The topological polar surface area (TPSA) is 93.0 Å². The summed E-state index contributed by atoms with van der Waals surface area (Å²) in [5.74, 6) is 0.939. The number of piperazine rings is 1. The molecule has 2 aliphatic heterocycles. The molecule has 1 saturated heterocycles. The highest BCUT2D eigenvalue weighted by atomic mass is 19.1. The first-order chi connectivity index (χ1) is 17.0. The monoisotopic (exact) mass is 481 g/mol. The van der Waals surface area contributed by atoms with E-state index >= 15 is 0 Å². The zero-order chi connectivity index (χ0) is 24.4. The van der Waals surface area contributed by atoms with E-state index in [0.29, 0.717) is 36.0 Å². The standard InChI is InChI=1S/C25H28FN5O4/c1-30-9-11-31(12-10-30)20-14-18(26)13-17-5-8-21(34-23(17)20)24(32)27-19-6-3-16(4-7-19)25-28-22(15-33-2)29-35-25/h3-4,6-7,13-14,21H,5,8-12,15H2,1-2H3,(H,27,32). The Morgan fingerprint density at radius 3 is 2.71 bits per heavy atom. The molecule has 1 N–H and O–H groups in total. The minimum absolute atomic E-state index is 0.239. The minimum atomic E-state index is -0.661. The van der Waals surface area contributed by atoms with E-state index in [9.17, 15) is 9.18 Å². The third-order valence-electron chi connectivity index (χ3n) is 6.32. The number of nitrogens with one attached hydrogen (secondary N) is 1. The summed E-state index contributed by atoms with van der Waals surface area (Å²) < 4.78 is 30.8. The van der Waals surface area contributed by atoms with E-state index in [2.05, 4.69) is 32.3 Å². The number of amides is 1. The van der Waals surface area contributed by atoms with Crippen LogP contribution >= 0.6 is 0 Å². The van der Waals surface area contributed by atoms with Crippen LogP contribution in [0.1, 0.15) is 17.8 Å². The number of fused-ring (bicyclic) bond motifs is 1. The van der Waals surface area contributed by atoms with E-state index in [4.69, 9.17) is 14.0 Å². The molecule has 5 rings (SSSR count). The molecule has 9 nitrogen and oxygen atoms in total. The van der Waals surface area contributed by atoms with E-state index in [1.807, 2.05) is 0 Å². The molecule has 184 valence electrons. The maximum atomic E-state index is 14.3. The number of nitrogens with zero attached hydrogens (tertiary/aromatic N) is 4. The number of anilines is 2. The molecule has 1 atom stereocenters. The second-order valence-corrected chi connectivity index (χ2v) is 8.86. The predicted molar refractivity (Wildman–Crippen MR) is 128 cm³/mol. The van der Waals surface area contributed by atoms with Crippen molar-refractivity contribution >= 4 is 17.3 Å². The van der Waals surface area contributed by atoms with Crippen LogP contribution in [0, 0.1) is 5.82 Å². The molecule has 0 spiro atoms. The molecule has 2 aromatic carbocycles. The maximum Gasteiger partial charge on any atom is 0.265 e. The first-order valence-electron chi connectivity index (χ1n) is 11.7. The Kier molecular flexibility index (Phi) is 6.65. The number of rotatable bonds is 6. The fourth-order valence-corrected chi connectivity index (χ4v) is 4.39. The van der Waals surface area contributed by atoms with Gasteiger partial charge in [0.05, 0.1) is 5.69 Å². The van der Waals surface area contributed by atoms with Gasteiger partial charge in [0.2, 0.25) is 0 Å². The zero-order valence-electron chi connectivity index (χ0n) is 19.8. The molecule has 0 bridgehead atoms. The van der Waals surface area contributed by atoms with Crippen LogP contribution in [0.3, 0.4) is 0 Å². The smallest absolute Gasteiger partial charge is 0.265 e. The Labute approximate surface area is 202 Å². The van der Waals surface area contributed by atoms with Gasteiger partial charge in [-0.25, -0.2) is 4.39 Å². The van der Waals surface area contributed by atoms with E-state index in [1.165, 1.54) is 12.1 Å². The minimum Gasteiger partial charge on any atom is -0.478 e. The highest BCUT2D eigenvalue weighted by Gasteiger charge is 2.30. The van der Waals surface area contributed by atoms with Gasteiger partial charge >= 0.3 is 0 Å². The molecular weight excluding hydrogens is 453 g/mol. The van der Waals surface area contributed by atoms with Gasteiger partial charge in [-0.05, 0) is 55.8 Å². The van der Waals surface area contributed by atoms with Crippen LogP contribution in [0.25, 0.3) is 11.5 Å². The van der Waals surface area contributed by atoms with Crippen LogP contribution in [0.2, 0.25) is 0 Å². The van der Waals surface area contributed by atoms with Crippen LogP contribution in [0.15, 0.2) is 40.9 Å². The second-order valence-electron chi connectivity index (χ2n) is 8.86. The van der Waals surface area contributed by atoms with Crippen molar-refractivity contribution in [2.75, 3.05) is 50.6 Å². The Hall–Kier alpha value is -3.50. The Morgan fingerprint density at radius 2 is 1.97 bits per heavy atom. The van der Waals surface area contributed by atoms with Gasteiger partial charge in [-0.3, -0.25) is 4.79 Å². The van der Waals surface area contributed by atoms with Crippen molar-refractivity contribution in [1.29, 1.82) is 0 Å². The second kappa shape index (κ2) is 10.0. The molecule has 3 aromatic rings. The Balaban J connectivity index is 1.27. The molecule has 35 heavy (non-hydrogen) atoms. The highest BCUT2D eigenvalue weighted by molar-refractivity contribution is 5.95. The lowest BCUT2D eigenvalue weighted by Crippen LogP contribution is -2.45. The average Bonchev–Trinajstić information content (AvgIpc) is 3.33. The molecule has 3 heterocycles. The summed E-state index contributed by atoms with van der Waals surface area (Å²) in [5, 5.41) is 6.77. The van der Waals surface area contributed by atoms with Gasteiger partial charge in [0, 0.05) is 50.6 Å². The van der Waals surface area contributed by atoms with Crippen molar-refractivity contribution in [1.82, 2.24) is 15.0 Å². The summed E-state index contributed by atoms with van der Waals surface area (Å²) in [4.78, 5) is 21.7. The van der Waals surface area contributed by atoms with E-state index < -0.39 is 6.10 Å². The molecule has 10 heteroatoms. The summed E-state index contributed by atoms with van der Waals surface area (Å²) in [6.45, 7) is 3.62. The SMILES string of the molecule is COCc1noc(-c2ccc(NC(=O)C3CCc4cc(F)cc(N5CCN(C)CC5)c4O3)cc2)n1. The lowest BCUT2D eigenvalue weighted by atomic mass is 9.99. The van der Waals surface area contributed by atoms with Crippen molar-refractivity contribution in [3.63, 3.8) is 0 Å². The summed E-state index contributed by atoms with van der Waals surface area (Å²) in [6.07, 6.45) is 0.393. The van der Waals surface area contributed by atoms with Gasteiger partial charge in [0.1, 0.15) is 18.2 Å². The van der Waals surface area contributed by atoms with Gasteiger partial charge < -0.3 is 29.1 Å². The number of aromatic nitrogens is 2. The van der Waals surface area contributed by atoms with Gasteiger partial charge in [0.25, 0.3) is 11.8 Å². The molecule has 2 aliphatic rings. The fourth-order valence-electron chi connectivity index (χ4n) is 4.39. The van der Waals surface area contributed by atoms with Crippen LogP contribution in [-0.2, 0) is 22.6 Å². The molecule has 0 saturated carbocycles. The summed E-state index contributed by atoms with van der Waals surface area (Å²) in [5.41, 5.74) is 2.89. The number of hydrogen-bond donors (Lipinski definition) is 1. The van der Waals surface area contributed by atoms with Crippen LogP contribution < -0.4 is 15.0 Å². The largest absolute Gasteiger partial charge is 0.478 e. The number of carbonyl (C=O) groups excluding carboxylic acids is 1. The average molecular weight is 482 g/mol. The zero-order valence-corrected chi connectivity index (χ0v) is 19.8. The number of likely N-dealkylation sites (N-methyl/N-ethyl adjacent to an activating group) is 1. The third kappa shape index (κ3) is 5.13. The third-order valence-corrected chi connectivity index (χ3v) is 6.32. The molecular formula is C25H28FN5O4. The van der Waals surface area contributed by atoms with Crippen molar-refractivity contribution in [3.05, 3.63) is 53.6 Å². The Morgan fingerprint density at radius 1 is 1.20 bits per heavy atom. The van der Waals surface area contributed by atoms with E-state index in [-0.39, 0.29) is 18.3 Å². The Bertz CT molecular complexity index is 1190. The van der Waals surface area contributed by atoms with E-state index in [0.717, 1.165) is 43.0 Å². The van der Waals surface area contributed by atoms with Gasteiger partial charge in [-0.15, -0.1) is 0 Å². The number of aryl methyl sites for hydroxylation is 1. The lowest BCUT2D eigenvalue weighted by Gasteiger charge is -2.37. The molecule has 1 fully saturated rings. The number of halogens is 1. The van der Waals surface area contributed by atoms with Gasteiger partial charge in [-0.1, -0.05) is 5.16 Å².